The lowest BCUT2D eigenvalue weighted by atomic mass is 10.1. The topological polar surface area (TPSA) is 112 Å². The summed E-state index contributed by atoms with van der Waals surface area (Å²) in [5.41, 5.74) is 6.56. The molecule has 1 amide bonds. The highest BCUT2D eigenvalue weighted by Gasteiger charge is 2.20. The number of aromatic nitrogens is 1. The summed E-state index contributed by atoms with van der Waals surface area (Å²) in [4.78, 5) is 16.1. The summed E-state index contributed by atoms with van der Waals surface area (Å²) in [6.07, 6.45) is 1.13. The molecule has 8 heteroatoms. The fraction of sp³-hybridized carbons (Fsp3) is 0.111. The summed E-state index contributed by atoms with van der Waals surface area (Å²) in [7, 11) is -1.75. The van der Waals surface area contributed by atoms with E-state index in [1.807, 2.05) is 0 Å². The van der Waals surface area contributed by atoms with E-state index in [2.05, 4.69) is 4.98 Å². The molecular formula is C18H16N2O5S. The number of primary amides is 1. The monoisotopic (exact) mass is 372 g/mol. The van der Waals surface area contributed by atoms with Crippen LogP contribution >= 0.6 is 0 Å². The van der Waals surface area contributed by atoms with Crippen LogP contribution in [0.25, 0.3) is 22.8 Å². The van der Waals surface area contributed by atoms with Gasteiger partial charge in [0.2, 0.25) is 5.89 Å². The molecule has 0 saturated heterocycles. The lowest BCUT2D eigenvalue weighted by molar-refractivity contribution is 0.0996. The van der Waals surface area contributed by atoms with Crippen LogP contribution in [0.2, 0.25) is 0 Å². The first-order valence-corrected chi connectivity index (χ1v) is 9.44. The standard InChI is InChI=1S/C18H16N2O5S/c1-24-13-7-3-11(4-8-13)16-15(17(19)21)20-18(25-16)12-5-9-14(10-6-12)26(2,22)23/h3-10H,1-2H3,(H2,19,21). The van der Waals surface area contributed by atoms with Gasteiger partial charge in [0.05, 0.1) is 12.0 Å². The van der Waals surface area contributed by atoms with Crippen LogP contribution in [-0.2, 0) is 9.84 Å². The summed E-state index contributed by atoms with van der Waals surface area (Å²) in [5.74, 6) is 0.344. The van der Waals surface area contributed by atoms with Gasteiger partial charge in [0, 0.05) is 17.4 Å². The molecule has 0 saturated carbocycles. The van der Waals surface area contributed by atoms with Gasteiger partial charge in [-0.2, -0.15) is 0 Å². The Hall–Kier alpha value is -3.13. The van der Waals surface area contributed by atoms with Gasteiger partial charge in [-0.1, -0.05) is 0 Å². The quantitative estimate of drug-likeness (QED) is 0.736. The maximum atomic E-state index is 11.7. The molecule has 0 radical (unpaired) electrons. The third-order valence-corrected chi connectivity index (χ3v) is 4.87. The van der Waals surface area contributed by atoms with E-state index >= 15 is 0 Å². The van der Waals surface area contributed by atoms with E-state index in [0.29, 0.717) is 16.9 Å². The van der Waals surface area contributed by atoms with Gasteiger partial charge in [0.15, 0.2) is 21.3 Å². The summed E-state index contributed by atoms with van der Waals surface area (Å²) < 4.78 is 34.0. The van der Waals surface area contributed by atoms with Crippen LogP contribution in [0.4, 0.5) is 0 Å². The maximum absolute atomic E-state index is 11.7. The first-order chi connectivity index (χ1) is 12.3. The predicted octanol–water partition coefficient (Wildman–Crippen LogP) is 2.52. The second-order valence-electron chi connectivity index (χ2n) is 5.59. The molecule has 3 rings (SSSR count). The number of methoxy groups -OCH3 is 1. The molecule has 1 heterocycles. The fourth-order valence-electron chi connectivity index (χ4n) is 2.39. The van der Waals surface area contributed by atoms with Crippen molar-refractivity contribution < 1.29 is 22.4 Å². The van der Waals surface area contributed by atoms with Gasteiger partial charge in [-0.05, 0) is 48.5 Å². The molecule has 0 aliphatic carbocycles. The molecule has 0 unspecified atom stereocenters. The summed E-state index contributed by atoms with van der Waals surface area (Å²) in [6.45, 7) is 0. The molecule has 0 spiro atoms. The molecule has 3 aromatic rings. The Bertz CT molecular complexity index is 1050. The minimum atomic E-state index is -3.30. The molecule has 2 aromatic carbocycles. The Morgan fingerprint density at radius 3 is 2.12 bits per heavy atom. The Morgan fingerprint density at radius 2 is 1.62 bits per heavy atom. The zero-order chi connectivity index (χ0) is 18.9. The molecule has 0 atom stereocenters. The van der Waals surface area contributed by atoms with Crippen LogP contribution in [0.15, 0.2) is 57.8 Å². The highest BCUT2D eigenvalue weighted by Crippen LogP contribution is 2.31. The second kappa shape index (κ2) is 6.64. The van der Waals surface area contributed by atoms with Crippen molar-refractivity contribution in [2.24, 2.45) is 5.73 Å². The van der Waals surface area contributed by atoms with Crippen molar-refractivity contribution in [2.45, 2.75) is 4.90 Å². The Morgan fingerprint density at radius 1 is 1.04 bits per heavy atom. The Kier molecular flexibility index (Phi) is 4.52. The van der Waals surface area contributed by atoms with Gasteiger partial charge < -0.3 is 14.9 Å². The molecular weight excluding hydrogens is 356 g/mol. The number of amides is 1. The normalized spacial score (nSPS) is 11.3. The van der Waals surface area contributed by atoms with E-state index in [9.17, 15) is 13.2 Å². The van der Waals surface area contributed by atoms with Crippen LogP contribution in [0.1, 0.15) is 10.5 Å². The molecule has 0 bridgehead atoms. The lowest BCUT2D eigenvalue weighted by Gasteiger charge is -2.02. The van der Waals surface area contributed by atoms with Crippen molar-refractivity contribution in [3.8, 4) is 28.5 Å². The Labute approximate surface area is 150 Å². The number of carbonyl (C=O) groups is 1. The largest absolute Gasteiger partial charge is 0.497 e. The zero-order valence-corrected chi connectivity index (χ0v) is 14.9. The highest BCUT2D eigenvalue weighted by atomic mass is 32.2. The molecule has 7 nitrogen and oxygen atoms in total. The first kappa shape index (κ1) is 17.7. The zero-order valence-electron chi connectivity index (χ0n) is 14.1. The van der Waals surface area contributed by atoms with Crippen LogP contribution < -0.4 is 10.5 Å². The molecule has 0 fully saturated rings. The minimum Gasteiger partial charge on any atom is -0.497 e. The van der Waals surface area contributed by atoms with E-state index in [1.165, 1.54) is 12.1 Å². The number of benzene rings is 2. The van der Waals surface area contributed by atoms with Crippen molar-refractivity contribution in [2.75, 3.05) is 13.4 Å². The molecule has 2 N–H and O–H groups in total. The number of hydrogen-bond donors (Lipinski definition) is 1. The molecule has 1 aromatic heterocycles. The smallest absolute Gasteiger partial charge is 0.271 e. The maximum Gasteiger partial charge on any atom is 0.271 e. The number of hydrogen-bond acceptors (Lipinski definition) is 6. The van der Waals surface area contributed by atoms with Crippen LogP contribution in [0, 0.1) is 0 Å². The van der Waals surface area contributed by atoms with E-state index in [4.69, 9.17) is 14.9 Å². The number of carbonyl (C=O) groups excluding carboxylic acids is 1. The van der Waals surface area contributed by atoms with Gasteiger partial charge in [-0.25, -0.2) is 13.4 Å². The molecule has 134 valence electrons. The van der Waals surface area contributed by atoms with Gasteiger partial charge in [-0.15, -0.1) is 0 Å². The van der Waals surface area contributed by atoms with E-state index in [-0.39, 0.29) is 22.2 Å². The van der Waals surface area contributed by atoms with Gasteiger partial charge >= 0.3 is 0 Å². The van der Waals surface area contributed by atoms with Crippen LogP contribution in [0.5, 0.6) is 5.75 Å². The number of nitrogens with two attached hydrogens (primary N) is 1. The van der Waals surface area contributed by atoms with E-state index in [0.717, 1.165) is 6.26 Å². The number of ether oxygens (including phenoxy) is 1. The van der Waals surface area contributed by atoms with E-state index in [1.54, 1.807) is 43.5 Å². The molecule has 0 aliphatic heterocycles. The van der Waals surface area contributed by atoms with Crippen molar-refractivity contribution >= 4 is 15.7 Å². The summed E-state index contributed by atoms with van der Waals surface area (Å²) in [5, 5.41) is 0. The fourth-order valence-corrected chi connectivity index (χ4v) is 3.02. The summed E-state index contributed by atoms with van der Waals surface area (Å²) >= 11 is 0. The van der Waals surface area contributed by atoms with Crippen LogP contribution in [0.3, 0.4) is 0 Å². The van der Waals surface area contributed by atoms with Gasteiger partial charge in [0.1, 0.15) is 5.75 Å². The first-order valence-electron chi connectivity index (χ1n) is 7.55. The lowest BCUT2D eigenvalue weighted by Crippen LogP contribution is -2.12. The van der Waals surface area contributed by atoms with Crippen molar-refractivity contribution in [3.63, 3.8) is 0 Å². The van der Waals surface area contributed by atoms with Crippen molar-refractivity contribution in [3.05, 3.63) is 54.2 Å². The van der Waals surface area contributed by atoms with Crippen LogP contribution in [-0.4, -0.2) is 32.7 Å². The van der Waals surface area contributed by atoms with E-state index < -0.39 is 15.7 Å². The average Bonchev–Trinajstić information content (AvgIpc) is 3.07. The number of sulfone groups is 1. The third-order valence-electron chi connectivity index (χ3n) is 3.74. The number of nitrogens with zero attached hydrogens (tertiary/aromatic N) is 1. The van der Waals surface area contributed by atoms with Gasteiger partial charge in [0.25, 0.3) is 5.91 Å². The van der Waals surface area contributed by atoms with Crippen molar-refractivity contribution in [1.82, 2.24) is 4.98 Å². The number of rotatable bonds is 5. The average molecular weight is 372 g/mol. The minimum absolute atomic E-state index is 0.00245. The predicted molar refractivity (Wildman–Crippen MR) is 95.6 cm³/mol. The highest BCUT2D eigenvalue weighted by molar-refractivity contribution is 7.90. The third kappa shape index (κ3) is 3.45. The second-order valence-corrected chi connectivity index (χ2v) is 7.60. The van der Waals surface area contributed by atoms with Gasteiger partial charge in [-0.3, -0.25) is 4.79 Å². The summed E-state index contributed by atoms with van der Waals surface area (Å²) in [6, 6.07) is 12.9. The Balaban J connectivity index is 2.05. The van der Waals surface area contributed by atoms with Crippen molar-refractivity contribution in [1.29, 1.82) is 0 Å². The number of oxazole rings is 1. The SMILES string of the molecule is COc1ccc(-c2oc(-c3ccc(S(C)(=O)=O)cc3)nc2C(N)=O)cc1. The molecule has 26 heavy (non-hydrogen) atoms. The molecule has 0 aliphatic rings.